The summed E-state index contributed by atoms with van der Waals surface area (Å²) >= 11 is 0. The van der Waals surface area contributed by atoms with Gasteiger partial charge in [-0.2, -0.15) is 0 Å². The van der Waals surface area contributed by atoms with Crippen molar-refractivity contribution in [1.82, 2.24) is 30.0 Å². The monoisotopic (exact) mass is 415 g/mol. The maximum atomic E-state index is 12.6. The number of ether oxygens (including phenoxy) is 2. The van der Waals surface area contributed by atoms with E-state index in [0.29, 0.717) is 37.2 Å². The lowest BCUT2D eigenvalue weighted by molar-refractivity contribution is -0.145. The van der Waals surface area contributed by atoms with E-state index in [1.165, 1.54) is 15.4 Å². The lowest BCUT2D eigenvalue weighted by Gasteiger charge is -2.16. The first-order chi connectivity index (χ1) is 14.6. The molecule has 1 amide bonds. The number of para-hydroxylation sites is 1. The molecule has 3 rings (SSSR count). The maximum absolute atomic E-state index is 12.6. The number of amides is 1. The molecule has 2 heterocycles. The molecule has 3 aromatic rings. The summed E-state index contributed by atoms with van der Waals surface area (Å²) in [4.78, 5) is 29.5. The van der Waals surface area contributed by atoms with Crippen molar-refractivity contribution in [1.29, 1.82) is 0 Å². The minimum atomic E-state index is -0.518. The van der Waals surface area contributed by atoms with Crippen molar-refractivity contribution >= 4 is 22.8 Å². The molecule has 1 aromatic carbocycles. The van der Waals surface area contributed by atoms with Crippen molar-refractivity contribution in [2.45, 2.75) is 40.2 Å². The second-order valence-corrected chi connectivity index (χ2v) is 6.25. The molecule has 0 atom stereocenters. The number of rotatable bonds is 10. The Morgan fingerprint density at radius 2 is 1.90 bits per heavy atom. The molecule has 30 heavy (non-hydrogen) atoms. The standard InChI is InChI=1S/C19H25N7O4/c1-4-26-18(28)13-9-7-8-10-14(13)20-19(26)23-22-17(27)15-11-25(24-21-15)12-16(29-5-2)30-6-3/h7-11,16H,4-6,12H2,1-3H3,(H,20,23)(H,22,27). The largest absolute Gasteiger partial charge is 0.351 e. The third-order valence-corrected chi connectivity index (χ3v) is 4.28. The van der Waals surface area contributed by atoms with E-state index < -0.39 is 12.2 Å². The first-order valence-electron chi connectivity index (χ1n) is 9.76. The quantitative estimate of drug-likeness (QED) is 0.373. The number of nitrogens with zero attached hydrogens (tertiary/aromatic N) is 5. The van der Waals surface area contributed by atoms with Crippen LogP contribution < -0.4 is 16.4 Å². The normalized spacial score (nSPS) is 11.2. The van der Waals surface area contributed by atoms with Crippen LogP contribution in [0.5, 0.6) is 0 Å². The zero-order chi connectivity index (χ0) is 21.5. The van der Waals surface area contributed by atoms with Gasteiger partial charge in [0.1, 0.15) is 0 Å². The van der Waals surface area contributed by atoms with E-state index in [9.17, 15) is 9.59 Å². The number of fused-ring (bicyclic) bond motifs is 1. The predicted octanol–water partition coefficient (Wildman–Crippen LogP) is 1.16. The summed E-state index contributed by atoms with van der Waals surface area (Å²) in [6, 6.07) is 7.03. The van der Waals surface area contributed by atoms with Gasteiger partial charge in [-0.3, -0.25) is 25.0 Å². The summed E-state index contributed by atoms with van der Waals surface area (Å²) in [5, 5.41) is 8.32. The molecule has 0 aliphatic heterocycles. The smallest absolute Gasteiger partial charge is 0.291 e. The van der Waals surface area contributed by atoms with Crippen LogP contribution in [0.1, 0.15) is 31.3 Å². The van der Waals surface area contributed by atoms with Gasteiger partial charge in [0.2, 0.25) is 5.95 Å². The van der Waals surface area contributed by atoms with Crippen molar-refractivity contribution in [2.24, 2.45) is 0 Å². The molecule has 0 unspecified atom stereocenters. The fraction of sp³-hybridized carbons (Fsp3) is 0.421. The third-order valence-electron chi connectivity index (χ3n) is 4.28. The van der Waals surface area contributed by atoms with Crippen molar-refractivity contribution < 1.29 is 14.3 Å². The number of anilines is 1. The highest BCUT2D eigenvalue weighted by Gasteiger charge is 2.16. The molecule has 11 heteroatoms. The van der Waals surface area contributed by atoms with Gasteiger partial charge >= 0.3 is 0 Å². The Bertz CT molecular complexity index is 1060. The summed E-state index contributed by atoms with van der Waals surface area (Å²) in [5.41, 5.74) is 5.66. The summed E-state index contributed by atoms with van der Waals surface area (Å²) in [6.45, 7) is 7.24. The fourth-order valence-corrected chi connectivity index (χ4v) is 2.90. The fourth-order valence-electron chi connectivity index (χ4n) is 2.90. The van der Waals surface area contributed by atoms with E-state index >= 15 is 0 Å². The Labute approximate surface area is 173 Å². The average molecular weight is 415 g/mol. The Balaban J connectivity index is 1.70. The van der Waals surface area contributed by atoms with Gasteiger partial charge in [-0.25, -0.2) is 9.67 Å². The Morgan fingerprint density at radius 1 is 1.17 bits per heavy atom. The molecule has 0 spiro atoms. The van der Waals surface area contributed by atoms with E-state index in [2.05, 4.69) is 26.1 Å². The summed E-state index contributed by atoms with van der Waals surface area (Å²) in [7, 11) is 0. The molecular weight excluding hydrogens is 390 g/mol. The number of nitrogens with one attached hydrogen (secondary N) is 2. The van der Waals surface area contributed by atoms with Crippen molar-refractivity contribution in [3.63, 3.8) is 0 Å². The third kappa shape index (κ3) is 4.81. The lowest BCUT2D eigenvalue weighted by Crippen LogP contribution is -2.34. The van der Waals surface area contributed by atoms with Crippen molar-refractivity contribution in [3.8, 4) is 0 Å². The molecule has 0 radical (unpaired) electrons. The van der Waals surface area contributed by atoms with Crippen LogP contribution in [0, 0.1) is 0 Å². The van der Waals surface area contributed by atoms with Gasteiger partial charge in [0, 0.05) is 19.8 Å². The van der Waals surface area contributed by atoms with Gasteiger partial charge in [0.05, 0.1) is 23.6 Å². The van der Waals surface area contributed by atoms with Gasteiger partial charge in [0.15, 0.2) is 12.0 Å². The number of hydrogen-bond donors (Lipinski definition) is 2. The van der Waals surface area contributed by atoms with E-state index in [-0.39, 0.29) is 17.2 Å². The molecule has 0 fully saturated rings. The van der Waals surface area contributed by atoms with Crippen molar-refractivity contribution in [3.05, 3.63) is 46.5 Å². The lowest BCUT2D eigenvalue weighted by atomic mass is 10.2. The van der Waals surface area contributed by atoms with Crippen LogP contribution in [0.3, 0.4) is 0 Å². The first-order valence-corrected chi connectivity index (χ1v) is 9.76. The second-order valence-electron chi connectivity index (χ2n) is 6.25. The van der Waals surface area contributed by atoms with Crippen LogP contribution in [0.15, 0.2) is 35.3 Å². The van der Waals surface area contributed by atoms with E-state index in [4.69, 9.17) is 9.47 Å². The molecular formula is C19H25N7O4. The Hall–Kier alpha value is -3.31. The van der Waals surface area contributed by atoms with Crippen LogP contribution in [0.4, 0.5) is 5.95 Å². The number of aromatic nitrogens is 5. The highest BCUT2D eigenvalue weighted by Crippen LogP contribution is 2.10. The number of carbonyl (C=O) groups excluding carboxylic acids is 1. The zero-order valence-electron chi connectivity index (χ0n) is 17.2. The van der Waals surface area contributed by atoms with Gasteiger partial charge < -0.3 is 9.47 Å². The van der Waals surface area contributed by atoms with E-state index in [1.807, 2.05) is 20.8 Å². The van der Waals surface area contributed by atoms with Gasteiger partial charge in [0.25, 0.3) is 11.5 Å². The van der Waals surface area contributed by atoms with E-state index in [1.54, 1.807) is 24.3 Å². The minimum absolute atomic E-state index is 0.0976. The topological polar surface area (TPSA) is 125 Å². The Morgan fingerprint density at radius 3 is 2.60 bits per heavy atom. The first kappa shape index (κ1) is 21.4. The highest BCUT2D eigenvalue weighted by molar-refractivity contribution is 5.92. The van der Waals surface area contributed by atoms with Crippen molar-refractivity contribution in [2.75, 3.05) is 18.6 Å². The molecule has 0 saturated heterocycles. The molecule has 0 saturated carbocycles. The van der Waals surface area contributed by atoms with Crippen LogP contribution in [-0.4, -0.2) is 50.0 Å². The maximum Gasteiger partial charge on any atom is 0.291 e. The number of hydrogen-bond acceptors (Lipinski definition) is 8. The van der Waals surface area contributed by atoms with Crippen LogP contribution in [-0.2, 0) is 22.6 Å². The van der Waals surface area contributed by atoms with Gasteiger partial charge in [-0.15, -0.1) is 5.10 Å². The van der Waals surface area contributed by atoms with E-state index in [0.717, 1.165) is 0 Å². The van der Waals surface area contributed by atoms with Crippen LogP contribution in [0.25, 0.3) is 10.9 Å². The average Bonchev–Trinajstić information content (AvgIpc) is 3.21. The molecule has 0 bridgehead atoms. The molecule has 2 N–H and O–H groups in total. The van der Waals surface area contributed by atoms with Crippen LogP contribution in [0.2, 0.25) is 0 Å². The number of hydrazine groups is 1. The summed E-state index contributed by atoms with van der Waals surface area (Å²) in [6.07, 6.45) is 1.01. The molecule has 2 aromatic heterocycles. The predicted molar refractivity (Wildman–Crippen MR) is 110 cm³/mol. The molecule has 0 aliphatic rings. The zero-order valence-corrected chi connectivity index (χ0v) is 17.2. The van der Waals surface area contributed by atoms with Crippen LogP contribution >= 0.6 is 0 Å². The second kappa shape index (κ2) is 9.94. The number of carbonyl (C=O) groups is 1. The molecule has 0 aliphatic carbocycles. The molecule has 160 valence electrons. The summed E-state index contributed by atoms with van der Waals surface area (Å²) in [5.74, 6) is -0.287. The van der Waals surface area contributed by atoms with Gasteiger partial charge in [-0.1, -0.05) is 17.3 Å². The minimum Gasteiger partial charge on any atom is -0.351 e. The summed E-state index contributed by atoms with van der Waals surface area (Å²) < 4.78 is 13.8. The SMILES string of the molecule is CCOC(Cn1cc(C(=O)NNc2nc3ccccc3c(=O)n2CC)nn1)OCC. The Kier molecular flexibility index (Phi) is 7.09. The van der Waals surface area contributed by atoms with Gasteiger partial charge in [-0.05, 0) is 32.9 Å². The molecule has 11 nitrogen and oxygen atoms in total. The highest BCUT2D eigenvalue weighted by atomic mass is 16.7. The number of benzene rings is 1.